The zero-order valence-corrected chi connectivity index (χ0v) is 23.0. The van der Waals surface area contributed by atoms with Crippen molar-refractivity contribution in [3.05, 3.63) is 95.9 Å². The fourth-order valence-corrected chi connectivity index (χ4v) is 5.72. The van der Waals surface area contributed by atoms with Gasteiger partial charge in [-0.1, -0.05) is 54.6 Å². The van der Waals surface area contributed by atoms with E-state index >= 15 is 0 Å². The van der Waals surface area contributed by atoms with Crippen LogP contribution < -0.4 is 5.32 Å². The summed E-state index contributed by atoms with van der Waals surface area (Å²) in [6, 6.07) is 22.7. The zero-order valence-electron chi connectivity index (χ0n) is 23.0. The van der Waals surface area contributed by atoms with Crippen molar-refractivity contribution in [3.63, 3.8) is 0 Å². The van der Waals surface area contributed by atoms with Gasteiger partial charge >= 0.3 is 5.97 Å². The van der Waals surface area contributed by atoms with E-state index in [-0.39, 0.29) is 11.9 Å². The van der Waals surface area contributed by atoms with Crippen molar-refractivity contribution in [3.8, 4) is 11.1 Å². The summed E-state index contributed by atoms with van der Waals surface area (Å²) in [7, 11) is 0. The second-order valence-electron chi connectivity index (χ2n) is 11.1. The van der Waals surface area contributed by atoms with E-state index in [1.807, 2.05) is 73.8 Å². The number of fused-ring (bicyclic) bond motifs is 1. The topological polar surface area (TPSA) is 72.7 Å². The highest BCUT2D eigenvalue weighted by Gasteiger charge is 2.40. The van der Waals surface area contributed by atoms with Crippen LogP contribution >= 0.6 is 0 Å². The molecule has 5 rings (SSSR count). The molecule has 202 valence electrons. The molecule has 1 aliphatic rings. The molecule has 0 spiro atoms. The minimum absolute atomic E-state index is 0.0763. The number of aromatic nitrogens is 2. The predicted molar refractivity (Wildman–Crippen MR) is 153 cm³/mol. The smallest absolute Gasteiger partial charge is 0.311 e. The second kappa shape index (κ2) is 11.4. The number of rotatable bonds is 8. The summed E-state index contributed by atoms with van der Waals surface area (Å²) < 4.78 is 7.24. The molecular weight excluding hydrogens is 486 g/mol. The molecule has 1 fully saturated rings. The Bertz CT molecular complexity index is 1430. The number of hydrogen-bond acceptors (Lipinski definition) is 4. The Hall–Kier alpha value is -3.93. The number of ether oxygens (including phenoxy) is 1. The van der Waals surface area contributed by atoms with Crippen LogP contribution in [-0.4, -0.2) is 27.9 Å². The molecule has 1 N–H and O–H groups in total. The van der Waals surface area contributed by atoms with Gasteiger partial charge in [0.15, 0.2) is 0 Å². The summed E-state index contributed by atoms with van der Waals surface area (Å²) in [6.07, 6.45) is 8.05. The van der Waals surface area contributed by atoms with Gasteiger partial charge < -0.3 is 14.5 Å². The number of imidazole rings is 1. The van der Waals surface area contributed by atoms with Gasteiger partial charge in [0.2, 0.25) is 0 Å². The van der Waals surface area contributed by atoms with Crippen molar-refractivity contribution in [1.82, 2.24) is 14.7 Å². The lowest BCUT2D eigenvalue weighted by Crippen LogP contribution is -2.36. The van der Waals surface area contributed by atoms with Gasteiger partial charge in [-0.15, -0.1) is 0 Å². The van der Waals surface area contributed by atoms with Gasteiger partial charge in [0.1, 0.15) is 11.3 Å². The summed E-state index contributed by atoms with van der Waals surface area (Å²) in [5.74, 6) is 0.613. The van der Waals surface area contributed by atoms with Gasteiger partial charge in [0.05, 0.1) is 12.0 Å². The first-order valence-corrected chi connectivity index (χ1v) is 13.9. The lowest BCUT2D eigenvalue weighted by atomic mass is 9.67. The molecule has 6 nitrogen and oxygen atoms in total. The molecule has 6 heteroatoms. The number of esters is 1. The fraction of sp³-hybridized carbons (Fsp3) is 0.364. The number of benzene rings is 2. The van der Waals surface area contributed by atoms with Crippen molar-refractivity contribution in [2.45, 2.75) is 58.9 Å². The molecule has 2 heterocycles. The Balaban J connectivity index is 1.22. The molecule has 0 radical (unpaired) electrons. The monoisotopic (exact) mass is 523 g/mol. The SMILES string of the molecule is CCOC(=O)C(C)(C)[C@H]1CC[C@H](c2ccc(-c3ccc4nc(C(=O)NCc5ccccc5)cn4c3)cc2)CC1. The average Bonchev–Trinajstić information content (AvgIpc) is 3.40. The lowest BCUT2D eigenvalue weighted by molar-refractivity contribution is -0.157. The van der Waals surface area contributed by atoms with E-state index in [9.17, 15) is 9.59 Å². The van der Waals surface area contributed by atoms with Gasteiger partial charge in [-0.2, -0.15) is 0 Å². The first kappa shape index (κ1) is 26.7. The average molecular weight is 524 g/mol. The number of nitrogens with one attached hydrogen (secondary N) is 1. The van der Waals surface area contributed by atoms with E-state index in [0.717, 1.165) is 48.0 Å². The highest BCUT2D eigenvalue weighted by Crippen LogP contribution is 2.44. The Morgan fingerprint density at radius 2 is 1.62 bits per heavy atom. The van der Waals surface area contributed by atoms with Crippen LogP contribution in [0.15, 0.2) is 79.1 Å². The maximum Gasteiger partial charge on any atom is 0.311 e. The molecule has 39 heavy (non-hydrogen) atoms. The number of nitrogens with zero attached hydrogens (tertiary/aromatic N) is 2. The number of amides is 1. The van der Waals surface area contributed by atoms with Crippen LogP contribution in [0.3, 0.4) is 0 Å². The van der Waals surface area contributed by atoms with Gasteiger partial charge in [-0.3, -0.25) is 9.59 Å². The Kier molecular flexibility index (Phi) is 7.82. The van der Waals surface area contributed by atoms with Crippen LogP contribution in [0.5, 0.6) is 0 Å². The fourth-order valence-electron chi connectivity index (χ4n) is 5.72. The molecule has 1 amide bonds. The molecule has 0 unspecified atom stereocenters. The molecule has 0 bridgehead atoms. The summed E-state index contributed by atoms with van der Waals surface area (Å²) in [4.78, 5) is 29.6. The van der Waals surface area contributed by atoms with Gasteiger partial charge in [0.25, 0.3) is 5.91 Å². The molecule has 2 aromatic heterocycles. The summed E-state index contributed by atoms with van der Waals surface area (Å²) in [5, 5.41) is 2.94. The van der Waals surface area contributed by atoms with Crippen molar-refractivity contribution in [2.24, 2.45) is 11.3 Å². The van der Waals surface area contributed by atoms with E-state index in [0.29, 0.717) is 30.7 Å². The summed E-state index contributed by atoms with van der Waals surface area (Å²) in [5.41, 5.74) is 5.31. The van der Waals surface area contributed by atoms with Gasteiger partial charge in [-0.05, 0) is 92.7 Å². The third kappa shape index (κ3) is 5.90. The van der Waals surface area contributed by atoms with Crippen LogP contribution in [-0.2, 0) is 16.1 Å². The van der Waals surface area contributed by atoms with E-state index in [2.05, 4.69) is 34.6 Å². The highest BCUT2D eigenvalue weighted by atomic mass is 16.5. The minimum Gasteiger partial charge on any atom is -0.466 e. The molecule has 0 atom stereocenters. The van der Waals surface area contributed by atoms with Gasteiger partial charge in [0, 0.05) is 18.9 Å². The Morgan fingerprint density at radius 1 is 0.923 bits per heavy atom. The highest BCUT2D eigenvalue weighted by molar-refractivity contribution is 5.92. The number of carbonyl (C=O) groups excluding carboxylic acids is 2. The summed E-state index contributed by atoms with van der Waals surface area (Å²) >= 11 is 0. The quantitative estimate of drug-likeness (QED) is 0.258. The Labute approximate surface area is 230 Å². The minimum atomic E-state index is -0.431. The third-order valence-electron chi connectivity index (χ3n) is 8.24. The molecule has 1 saturated carbocycles. The third-order valence-corrected chi connectivity index (χ3v) is 8.24. The molecular formula is C33H37N3O3. The summed E-state index contributed by atoms with van der Waals surface area (Å²) in [6.45, 7) is 6.83. The number of hydrogen-bond donors (Lipinski definition) is 1. The second-order valence-corrected chi connectivity index (χ2v) is 11.1. The van der Waals surface area contributed by atoms with Crippen LogP contribution in [0, 0.1) is 11.3 Å². The van der Waals surface area contributed by atoms with Crippen molar-refractivity contribution in [2.75, 3.05) is 6.61 Å². The van der Waals surface area contributed by atoms with Crippen molar-refractivity contribution < 1.29 is 14.3 Å². The lowest BCUT2D eigenvalue weighted by Gasteiger charge is -2.37. The molecule has 2 aromatic carbocycles. The zero-order chi connectivity index (χ0) is 27.4. The van der Waals surface area contributed by atoms with E-state index < -0.39 is 5.41 Å². The van der Waals surface area contributed by atoms with Crippen molar-refractivity contribution in [1.29, 1.82) is 0 Å². The first-order valence-electron chi connectivity index (χ1n) is 13.9. The van der Waals surface area contributed by atoms with Crippen molar-refractivity contribution >= 4 is 17.5 Å². The molecule has 0 saturated heterocycles. The normalized spacial score (nSPS) is 17.6. The molecule has 1 aliphatic carbocycles. The maximum absolute atomic E-state index is 12.7. The molecule has 0 aliphatic heterocycles. The van der Waals surface area contributed by atoms with Crippen LogP contribution in [0.4, 0.5) is 0 Å². The van der Waals surface area contributed by atoms with Crippen LogP contribution in [0.1, 0.15) is 74.0 Å². The van der Waals surface area contributed by atoms with E-state index in [1.165, 1.54) is 5.56 Å². The van der Waals surface area contributed by atoms with Crippen LogP contribution in [0.25, 0.3) is 16.8 Å². The largest absolute Gasteiger partial charge is 0.466 e. The maximum atomic E-state index is 12.7. The van der Waals surface area contributed by atoms with Crippen LogP contribution in [0.2, 0.25) is 0 Å². The number of pyridine rings is 1. The molecule has 4 aromatic rings. The van der Waals surface area contributed by atoms with E-state index in [4.69, 9.17) is 4.74 Å². The Morgan fingerprint density at radius 3 is 2.31 bits per heavy atom. The predicted octanol–water partition coefficient (Wildman–Crippen LogP) is 6.79. The van der Waals surface area contributed by atoms with E-state index in [1.54, 1.807) is 6.20 Å². The van der Waals surface area contributed by atoms with Gasteiger partial charge in [-0.25, -0.2) is 4.98 Å². The standard InChI is InChI=1S/C33H37N3O3/c1-4-39-32(38)33(2,3)28-17-14-25(15-18-28)24-10-12-26(13-11-24)27-16-19-30-35-29(22-36(30)21-27)31(37)34-20-23-8-6-5-7-9-23/h5-13,16,19,21-22,25,28H,4,14-15,17-18,20H2,1-3H3,(H,34,37)/t25-,28-. The number of carbonyl (C=O) groups is 2. The first-order chi connectivity index (χ1) is 18.8.